The predicted octanol–water partition coefficient (Wildman–Crippen LogP) is 2.04. The van der Waals surface area contributed by atoms with Crippen LogP contribution in [0.5, 0.6) is 0 Å². The molecule has 1 fully saturated rings. The van der Waals surface area contributed by atoms with Crippen molar-refractivity contribution < 1.29 is 19.4 Å². The summed E-state index contributed by atoms with van der Waals surface area (Å²) < 4.78 is 5.32. The van der Waals surface area contributed by atoms with E-state index in [0.29, 0.717) is 19.7 Å². The van der Waals surface area contributed by atoms with E-state index in [0.717, 1.165) is 12.8 Å². The molecular formula is C15H28N2O4. The van der Waals surface area contributed by atoms with Crippen molar-refractivity contribution in [2.24, 2.45) is 5.92 Å². The van der Waals surface area contributed by atoms with Crippen LogP contribution in [-0.2, 0) is 9.53 Å². The van der Waals surface area contributed by atoms with E-state index < -0.39 is 11.9 Å². The standard InChI is InChI=1S/C15H28N2O4/c1-5-8-17(13-10-21-9-12(13)14(18)19)15(20)16(7-3)11(4)6-2/h11-13H,5-10H2,1-4H3,(H,18,19). The number of hydrogen-bond donors (Lipinski definition) is 1. The van der Waals surface area contributed by atoms with E-state index in [-0.39, 0.29) is 24.7 Å². The Bertz CT molecular complexity index is 362. The van der Waals surface area contributed by atoms with E-state index in [1.165, 1.54) is 0 Å². The lowest BCUT2D eigenvalue weighted by molar-refractivity contribution is -0.142. The van der Waals surface area contributed by atoms with Crippen molar-refractivity contribution in [2.45, 2.75) is 52.6 Å². The van der Waals surface area contributed by atoms with Gasteiger partial charge >= 0.3 is 12.0 Å². The molecule has 1 saturated heterocycles. The first kappa shape index (κ1) is 17.8. The average Bonchev–Trinajstić information content (AvgIpc) is 2.94. The molecule has 0 aromatic carbocycles. The smallest absolute Gasteiger partial charge is 0.320 e. The molecule has 3 atom stereocenters. The van der Waals surface area contributed by atoms with E-state index >= 15 is 0 Å². The van der Waals surface area contributed by atoms with Crippen LogP contribution in [0.3, 0.4) is 0 Å². The molecule has 1 aliphatic heterocycles. The van der Waals surface area contributed by atoms with Crippen molar-refractivity contribution in [3.05, 3.63) is 0 Å². The van der Waals surface area contributed by atoms with Gasteiger partial charge in [-0.1, -0.05) is 13.8 Å². The minimum atomic E-state index is -0.891. The maximum atomic E-state index is 12.8. The van der Waals surface area contributed by atoms with Gasteiger partial charge in [-0.3, -0.25) is 4.79 Å². The second-order valence-electron chi connectivity index (χ2n) is 5.57. The number of amides is 2. The summed E-state index contributed by atoms with van der Waals surface area (Å²) in [5, 5.41) is 9.30. The fourth-order valence-electron chi connectivity index (χ4n) is 2.75. The highest BCUT2D eigenvalue weighted by Gasteiger charge is 2.41. The lowest BCUT2D eigenvalue weighted by Gasteiger charge is -2.37. The van der Waals surface area contributed by atoms with Gasteiger partial charge in [0, 0.05) is 19.1 Å². The van der Waals surface area contributed by atoms with E-state index in [4.69, 9.17) is 4.74 Å². The van der Waals surface area contributed by atoms with Gasteiger partial charge in [-0.2, -0.15) is 0 Å². The van der Waals surface area contributed by atoms with Crippen molar-refractivity contribution >= 4 is 12.0 Å². The number of urea groups is 1. The third-order valence-electron chi connectivity index (χ3n) is 4.19. The van der Waals surface area contributed by atoms with Gasteiger partial charge < -0.3 is 19.6 Å². The van der Waals surface area contributed by atoms with Crippen molar-refractivity contribution in [1.82, 2.24) is 9.80 Å². The molecule has 3 unspecified atom stereocenters. The monoisotopic (exact) mass is 300 g/mol. The molecule has 1 heterocycles. The fourth-order valence-corrected chi connectivity index (χ4v) is 2.75. The first-order valence-electron chi connectivity index (χ1n) is 7.85. The van der Waals surface area contributed by atoms with Gasteiger partial charge in [0.15, 0.2) is 0 Å². The molecule has 1 aliphatic rings. The zero-order chi connectivity index (χ0) is 16.0. The van der Waals surface area contributed by atoms with Crippen LogP contribution in [0.1, 0.15) is 40.5 Å². The zero-order valence-corrected chi connectivity index (χ0v) is 13.5. The van der Waals surface area contributed by atoms with Crippen LogP contribution in [0.25, 0.3) is 0 Å². The summed E-state index contributed by atoms with van der Waals surface area (Å²) in [5.41, 5.74) is 0. The Morgan fingerprint density at radius 1 is 1.29 bits per heavy atom. The first-order chi connectivity index (χ1) is 9.97. The van der Waals surface area contributed by atoms with E-state index in [1.807, 2.05) is 32.6 Å². The number of carbonyl (C=O) groups is 2. The van der Waals surface area contributed by atoms with E-state index in [1.54, 1.807) is 4.90 Å². The van der Waals surface area contributed by atoms with Crippen molar-refractivity contribution in [1.29, 1.82) is 0 Å². The summed E-state index contributed by atoms with van der Waals surface area (Å²) in [4.78, 5) is 27.7. The molecule has 0 aromatic heterocycles. The third-order valence-corrected chi connectivity index (χ3v) is 4.19. The molecule has 0 radical (unpaired) electrons. The normalized spacial score (nSPS) is 22.9. The average molecular weight is 300 g/mol. The Balaban J connectivity index is 2.94. The summed E-state index contributed by atoms with van der Waals surface area (Å²) in [6.07, 6.45) is 1.68. The van der Waals surface area contributed by atoms with Crippen molar-refractivity contribution in [2.75, 3.05) is 26.3 Å². The quantitative estimate of drug-likeness (QED) is 0.781. The highest BCUT2D eigenvalue weighted by atomic mass is 16.5. The van der Waals surface area contributed by atoms with Crippen LogP contribution >= 0.6 is 0 Å². The molecule has 1 N–H and O–H groups in total. The van der Waals surface area contributed by atoms with Gasteiger partial charge in [0.1, 0.15) is 5.92 Å². The first-order valence-corrected chi connectivity index (χ1v) is 7.85. The van der Waals surface area contributed by atoms with Crippen LogP contribution in [0.4, 0.5) is 4.79 Å². The number of ether oxygens (including phenoxy) is 1. The number of hydrogen-bond acceptors (Lipinski definition) is 3. The van der Waals surface area contributed by atoms with Gasteiger partial charge in [0.25, 0.3) is 0 Å². The number of rotatable bonds is 7. The number of carboxylic acids is 1. The summed E-state index contributed by atoms with van der Waals surface area (Å²) in [6.45, 7) is 9.68. The van der Waals surface area contributed by atoms with Crippen molar-refractivity contribution in [3.8, 4) is 0 Å². The molecule has 0 saturated carbocycles. The molecule has 122 valence electrons. The van der Waals surface area contributed by atoms with Crippen LogP contribution in [0.15, 0.2) is 0 Å². The van der Waals surface area contributed by atoms with Gasteiger partial charge in [-0.25, -0.2) is 4.79 Å². The molecule has 0 aromatic rings. The summed E-state index contributed by atoms with van der Waals surface area (Å²) in [7, 11) is 0. The van der Waals surface area contributed by atoms with E-state index in [2.05, 4.69) is 0 Å². The lowest BCUT2D eigenvalue weighted by atomic mass is 10.0. The van der Waals surface area contributed by atoms with Gasteiger partial charge in [-0.15, -0.1) is 0 Å². The van der Waals surface area contributed by atoms with Gasteiger partial charge in [-0.05, 0) is 26.7 Å². The van der Waals surface area contributed by atoms with Gasteiger partial charge in [0.2, 0.25) is 0 Å². The minimum Gasteiger partial charge on any atom is -0.481 e. The molecular weight excluding hydrogens is 272 g/mol. The Hall–Kier alpha value is -1.30. The maximum absolute atomic E-state index is 12.8. The van der Waals surface area contributed by atoms with Crippen LogP contribution in [0, 0.1) is 5.92 Å². The molecule has 6 nitrogen and oxygen atoms in total. The highest BCUT2D eigenvalue weighted by Crippen LogP contribution is 2.22. The molecule has 1 rings (SSSR count). The topological polar surface area (TPSA) is 70.1 Å². The zero-order valence-electron chi connectivity index (χ0n) is 13.5. The molecule has 0 spiro atoms. The molecule has 2 amide bonds. The van der Waals surface area contributed by atoms with Crippen molar-refractivity contribution in [3.63, 3.8) is 0 Å². The SMILES string of the molecule is CCCN(C(=O)N(CC)C(C)CC)C1COCC1C(=O)O. The molecule has 0 bridgehead atoms. The summed E-state index contributed by atoms with van der Waals surface area (Å²) in [5.74, 6) is -1.52. The molecule has 21 heavy (non-hydrogen) atoms. The number of aliphatic carboxylic acids is 1. The maximum Gasteiger partial charge on any atom is 0.320 e. The summed E-state index contributed by atoms with van der Waals surface area (Å²) >= 11 is 0. The summed E-state index contributed by atoms with van der Waals surface area (Å²) in [6, 6.07) is -0.295. The van der Waals surface area contributed by atoms with E-state index in [9.17, 15) is 14.7 Å². The number of carbonyl (C=O) groups excluding carboxylic acids is 1. The Morgan fingerprint density at radius 3 is 2.43 bits per heavy atom. The Labute approximate surface area is 127 Å². The number of carboxylic acid groups (broad SMARTS) is 1. The predicted molar refractivity (Wildman–Crippen MR) is 80.3 cm³/mol. The van der Waals surface area contributed by atoms with Crippen LogP contribution < -0.4 is 0 Å². The third kappa shape index (κ3) is 4.09. The van der Waals surface area contributed by atoms with Crippen LogP contribution in [-0.4, -0.2) is 65.3 Å². The lowest BCUT2D eigenvalue weighted by Crippen LogP contribution is -2.54. The fraction of sp³-hybridized carbons (Fsp3) is 0.867. The van der Waals surface area contributed by atoms with Crippen LogP contribution in [0.2, 0.25) is 0 Å². The second kappa shape index (κ2) is 8.22. The highest BCUT2D eigenvalue weighted by molar-refractivity contribution is 5.77. The van der Waals surface area contributed by atoms with Gasteiger partial charge in [0.05, 0.1) is 19.3 Å². The minimum absolute atomic E-state index is 0.0737. The second-order valence-corrected chi connectivity index (χ2v) is 5.57. The molecule has 0 aliphatic carbocycles. The molecule has 6 heteroatoms. The largest absolute Gasteiger partial charge is 0.481 e. The number of nitrogens with zero attached hydrogens (tertiary/aromatic N) is 2. The Kier molecular flexibility index (Phi) is 6.95. The Morgan fingerprint density at radius 2 is 1.95 bits per heavy atom.